The van der Waals surface area contributed by atoms with Crippen molar-refractivity contribution in [1.29, 1.82) is 0 Å². The van der Waals surface area contributed by atoms with Gasteiger partial charge in [0.05, 0.1) is 12.2 Å². The van der Waals surface area contributed by atoms with Gasteiger partial charge in [0, 0.05) is 13.1 Å². The Morgan fingerprint density at radius 2 is 1.29 bits per heavy atom. The van der Waals surface area contributed by atoms with Crippen LogP contribution in [-0.4, -0.2) is 51.8 Å². The van der Waals surface area contributed by atoms with Crippen LogP contribution in [0, 0.1) is 0 Å². The van der Waals surface area contributed by atoms with Gasteiger partial charge in [0.1, 0.15) is 0 Å². The van der Waals surface area contributed by atoms with Gasteiger partial charge in [0.2, 0.25) is 0 Å². The van der Waals surface area contributed by atoms with E-state index in [0.717, 1.165) is 39.0 Å². The molecule has 2 atom stereocenters. The summed E-state index contributed by atoms with van der Waals surface area (Å²) in [6, 6.07) is 21.8. The first-order valence-corrected chi connectivity index (χ1v) is 13.7. The van der Waals surface area contributed by atoms with Gasteiger partial charge in [-0.05, 0) is 41.3 Å². The second-order valence-electron chi connectivity index (χ2n) is 9.04. The number of hydrogen-bond acceptors (Lipinski definition) is 4. The highest BCUT2D eigenvalue weighted by Crippen LogP contribution is 2.37. The van der Waals surface area contributed by atoms with Crippen molar-refractivity contribution in [3.05, 3.63) is 60.7 Å². The number of aliphatic hydroxyl groups is 1. The molecule has 2 saturated heterocycles. The molecule has 172 valence electrons. The zero-order valence-corrected chi connectivity index (χ0v) is 21.0. The molecule has 2 aliphatic rings. The van der Waals surface area contributed by atoms with Crippen LogP contribution in [0.15, 0.2) is 60.7 Å². The van der Waals surface area contributed by atoms with Crippen molar-refractivity contribution in [2.24, 2.45) is 0 Å². The van der Waals surface area contributed by atoms with E-state index in [2.05, 4.69) is 92.1 Å². The fourth-order valence-electron chi connectivity index (χ4n) is 4.31. The van der Waals surface area contributed by atoms with Crippen LogP contribution in [0.5, 0.6) is 0 Å². The zero-order chi connectivity index (χ0) is 22.7. The monoisotopic (exact) mass is 442 g/mol. The Morgan fingerprint density at radius 1 is 0.806 bits per heavy atom. The second-order valence-corrected chi connectivity index (χ2v) is 13.3. The predicted octanol–water partition coefficient (Wildman–Crippen LogP) is 3.29. The number of nitrogens with one attached hydrogen (secondary N) is 2. The zero-order valence-electron chi connectivity index (χ0n) is 20.0. The summed E-state index contributed by atoms with van der Waals surface area (Å²) < 4.78 is 7.01. The molecular weight excluding hydrogens is 400 g/mol. The standard InChI is InChI=1S/C20H27NOSi.C4H9NO.C2H6/c1-20(2,3)23(18-10-6-4-7-11-18,19-12-8-5-9-13-19)22-17-14-15-21-16-17;6-4-1-2-5-3-4;1-2/h4-13,17,21H,14-16H2,1-3H3;4-6H,1-3H2;1-2H3/t17-;4-;/m11./s1. The minimum absolute atomic E-state index is 0.0648. The maximum absolute atomic E-state index is 8.67. The fourth-order valence-corrected chi connectivity index (χ4v) is 9.03. The Hall–Kier alpha value is -1.50. The van der Waals surface area contributed by atoms with E-state index in [0.29, 0.717) is 6.10 Å². The van der Waals surface area contributed by atoms with Gasteiger partial charge in [0.25, 0.3) is 8.32 Å². The van der Waals surface area contributed by atoms with Crippen LogP contribution in [0.25, 0.3) is 0 Å². The molecule has 2 heterocycles. The Kier molecular flexibility index (Phi) is 10.4. The van der Waals surface area contributed by atoms with Crippen LogP contribution >= 0.6 is 0 Å². The van der Waals surface area contributed by atoms with Gasteiger partial charge in [-0.3, -0.25) is 0 Å². The third-order valence-corrected chi connectivity index (χ3v) is 10.9. The van der Waals surface area contributed by atoms with Crippen LogP contribution in [-0.2, 0) is 4.43 Å². The molecule has 3 N–H and O–H groups in total. The summed E-state index contributed by atoms with van der Waals surface area (Å²) in [4.78, 5) is 0. The Labute approximate surface area is 190 Å². The Balaban J connectivity index is 0.000000363. The maximum atomic E-state index is 8.67. The van der Waals surface area contributed by atoms with E-state index in [9.17, 15) is 0 Å². The van der Waals surface area contributed by atoms with E-state index in [1.54, 1.807) is 0 Å². The van der Waals surface area contributed by atoms with Gasteiger partial charge in [-0.25, -0.2) is 0 Å². The quantitative estimate of drug-likeness (QED) is 0.636. The van der Waals surface area contributed by atoms with Crippen LogP contribution < -0.4 is 21.0 Å². The summed E-state index contributed by atoms with van der Waals surface area (Å²) in [6.45, 7) is 14.8. The molecule has 2 fully saturated rings. The molecule has 0 aliphatic carbocycles. The highest BCUT2D eigenvalue weighted by Gasteiger charge is 2.51. The van der Waals surface area contributed by atoms with Crippen LogP contribution in [0.4, 0.5) is 0 Å². The predicted molar refractivity (Wildman–Crippen MR) is 135 cm³/mol. The fraction of sp³-hybridized carbons (Fsp3) is 0.538. The molecule has 0 radical (unpaired) electrons. The van der Waals surface area contributed by atoms with E-state index in [1.165, 1.54) is 10.4 Å². The third kappa shape index (κ3) is 6.74. The van der Waals surface area contributed by atoms with Gasteiger partial charge in [-0.2, -0.15) is 0 Å². The lowest BCUT2D eigenvalue weighted by molar-refractivity contribution is 0.196. The van der Waals surface area contributed by atoms with Crippen molar-refractivity contribution < 1.29 is 9.53 Å². The average Bonchev–Trinajstić information content (AvgIpc) is 3.48. The molecular formula is C26H42N2O2Si. The molecule has 4 rings (SSSR count). The molecule has 0 saturated carbocycles. The molecule has 0 bridgehead atoms. The summed E-state index contributed by atoms with van der Waals surface area (Å²) in [5.74, 6) is 0. The van der Waals surface area contributed by atoms with Crippen LogP contribution in [0.2, 0.25) is 5.04 Å². The Bertz CT molecular complexity index is 683. The van der Waals surface area contributed by atoms with Gasteiger partial charge in [-0.15, -0.1) is 0 Å². The summed E-state index contributed by atoms with van der Waals surface area (Å²) in [6.07, 6.45) is 2.27. The molecule has 31 heavy (non-hydrogen) atoms. The van der Waals surface area contributed by atoms with Crippen molar-refractivity contribution in [2.45, 2.75) is 64.7 Å². The normalized spacial score (nSPS) is 21.0. The number of β-amino-alcohol motifs (C(OH)–C–C–N with tert-alkyl or cyclic N) is 1. The summed E-state index contributed by atoms with van der Waals surface area (Å²) in [7, 11) is -2.35. The van der Waals surface area contributed by atoms with Crippen molar-refractivity contribution in [3.63, 3.8) is 0 Å². The Morgan fingerprint density at radius 3 is 1.61 bits per heavy atom. The highest BCUT2D eigenvalue weighted by atomic mass is 28.4. The molecule has 0 amide bonds. The molecule has 2 aliphatic heterocycles. The number of hydrogen-bond donors (Lipinski definition) is 3. The van der Waals surface area contributed by atoms with E-state index in [1.807, 2.05) is 13.8 Å². The number of rotatable bonds is 4. The van der Waals surface area contributed by atoms with Gasteiger partial charge in [0.15, 0.2) is 0 Å². The largest absolute Gasteiger partial charge is 0.403 e. The lowest BCUT2D eigenvalue weighted by Gasteiger charge is -2.44. The molecule has 0 spiro atoms. The summed E-state index contributed by atoms with van der Waals surface area (Å²) in [5.41, 5.74) is 0. The lowest BCUT2D eigenvalue weighted by atomic mass is 10.2. The second kappa shape index (κ2) is 12.5. The molecule has 2 aromatic rings. The van der Waals surface area contributed by atoms with E-state index in [-0.39, 0.29) is 11.1 Å². The molecule has 0 unspecified atom stereocenters. The maximum Gasteiger partial charge on any atom is 0.261 e. The van der Waals surface area contributed by atoms with Crippen molar-refractivity contribution in [2.75, 3.05) is 26.2 Å². The van der Waals surface area contributed by atoms with Gasteiger partial charge < -0.3 is 20.2 Å². The van der Waals surface area contributed by atoms with Crippen molar-refractivity contribution >= 4 is 18.7 Å². The van der Waals surface area contributed by atoms with E-state index < -0.39 is 8.32 Å². The first-order valence-electron chi connectivity index (χ1n) is 11.8. The number of benzene rings is 2. The smallest absolute Gasteiger partial charge is 0.261 e. The lowest BCUT2D eigenvalue weighted by Crippen LogP contribution is -2.67. The minimum atomic E-state index is -2.35. The topological polar surface area (TPSA) is 53.5 Å². The van der Waals surface area contributed by atoms with Crippen molar-refractivity contribution in [1.82, 2.24) is 10.6 Å². The average molecular weight is 443 g/mol. The van der Waals surface area contributed by atoms with Crippen LogP contribution in [0.1, 0.15) is 47.5 Å². The van der Waals surface area contributed by atoms with Crippen LogP contribution in [0.3, 0.4) is 0 Å². The number of aliphatic hydroxyl groups excluding tert-OH is 1. The van der Waals surface area contributed by atoms with Crippen molar-refractivity contribution in [3.8, 4) is 0 Å². The first kappa shape index (κ1) is 25.8. The molecule has 4 nitrogen and oxygen atoms in total. The first-order chi connectivity index (χ1) is 14.9. The SMILES string of the molecule is CC.CC(C)(C)[Si](O[C@@H]1CCNC1)(c1ccccc1)c1ccccc1.O[C@@H]1CCNC1. The van der Waals surface area contributed by atoms with Gasteiger partial charge >= 0.3 is 0 Å². The van der Waals surface area contributed by atoms with E-state index in [4.69, 9.17) is 9.53 Å². The minimum Gasteiger partial charge on any atom is -0.403 e. The molecule has 2 aromatic carbocycles. The third-order valence-electron chi connectivity index (χ3n) is 5.81. The molecule has 0 aromatic heterocycles. The van der Waals surface area contributed by atoms with Gasteiger partial charge in [-0.1, -0.05) is 95.3 Å². The van der Waals surface area contributed by atoms with E-state index >= 15 is 0 Å². The molecule has 5 heteroatoms. The summed E-state index contributed by atoms with van der Waals surface area (Å²) >= 11 is 0. The highest BCUT2D eigenvalue weighted by molar-refractivity contribution is 6.99. The summed E-state index contributed by atoms with van der Waals surface area (Å²) in [5, 5.41) is 17.9.